The van der Waals surface area contributed by atoms with Crippen LogP contribution in [-0.4, -0.2) is 21.6 Å². The van der Waals surface area contributed by atoms with Gasteiger partial charge >= 0.3 is 0 Å². The van der Waals surface area contributed by atoms with E-state index in [0.29, 0.717) is 0 Å². The van der Waals surface area contributed by atoms with Crippen molar-refractivity contribution in [3.05, 3.63) is 95.4 Å². The molecule has 0 saturated carbocycles. The molecule has 5 rings (SSSR count). The zero-order chi connectivity index (χ0) is 24.0. The third kappa shape index (κ3) is 4.05. The molecule has 0 saturated heterocycles. The lowest BCUT2D eigenvalue weighted by Crippen LogP contribution is -2.33. The average Bonchev–Trinajstić information content (AvgIpc) is 2.99. The fraction of sp³-hybridized carbons (Fsp3) is 0.290. The zero-order valence-corrected chi connectivity index (χ0v) is 20.7. The molecule has 4 aromatic rings. The molecule has 174 valence electrons. The van der Waals surface area contributed by atoms with Crippen LogP contribution in [0.2, 0.25) is 0 Å². The van der Waals surface area contributed by atoms with Gasteiger partial charge in [-0.2, -0.15) is 0 Å². The highest BCUT2D eigenvalue weighted by Gasteiger charge is 2.28. The molecule has 1 atom stereocenters. The molecular formula is C31H33NO2. The Morgan fingerprint density at radius 3 is 1.74 bits per heavy atom. The predicted octanol–water partition coefficient (Wildman–Crippen LogP) is 7.97. The Labute approximate surface area is 202 Å². The highest BCUT2D eigenvalue weighted by Crippen LogP contribution is 2.42. The predicted molar refractivity (Wildman–Crippen MR) is 142 cm³/mol. The van der Waals surface area contributed by atoms with Crippen LogP contribution in [0.3, 0.4) is 0 Å². The molecule has 0 spiro atoms. The monoisotopic (exact) mass is 451 g/mol. The molecule has 3 heteroatoms. The Kier molecular flexibility index (Phi) is 5.61. The van der Waals surface area contributed by atoms with E-state index in [-0.39, 0.29) is 12.0 Å². The standard InChI is InChI=1S/C31H33NO2/c1-20(30(33)34-31(3,4)5)21(2)32-18-24-16-14-22-10-6-8-12-26(22)28(24)29-25(19-32)17-15-23-11-7-9-13-27(23)29/h6-17,21,33H,18-19H2,1-5H3/b30-20+/t21-/m1/s1. The van der Waals surface area contributed by atoms with Crippen molar-refractivity contribution in [1.29, 1.82) is 0 Å². The number of aliphatic hydroxyl groups is 1. The molecule has 4 aromatic carbocycles. The number of benzene rings is 4. The number of ether oxygens (including phenoxy) is 1. The first kappa shape index (κ1) is 22.5. The van der Waals surface area contributed by atoms with Crippen LogP contribution in [0.15, 0.2) is 84.3 Å². The Morgan fingerprint density at radius 1 is 0.794 bits per heavy atom. The fourth-order valence-electron chi connectivity index (χ4n) is 5.08. The molecule has 0 aromatic heterocycles. The molecule has 3 nitrogen and oxygen atoms in total. The van der Waals surface area contributed by atoms with Crippen LogP contribution in [0, 0.1) is 0 Å². The Morgan fingerprint density at radius 2 is 1.26 bits per heavy atom. The molecule has 1 N–H and O–H groups in total. The molecule has 0 fully saturated rings. The van der Waals surface area contributed by atoms with Crippen LogP contribution >= 0.6 is 0 Å². The summed E-state index contributed by atoms with van der Waals surface area (Å²) in [4.78, 5) is 2.44. The number of nitrogens with zero attached hydrogens (tertiary/aromatic N) is 1. The van der Waals surface area contributed by atoms with Crippen LogP contribution in [0.1, 0.15) is 45.7 Å². The van der Waals surface area contributed by atoms with E-state index in [9.17, 15) is 5.11 Å². The van der Waals surface area contributed by atoms with Crippen molar-refractivity contribution in [2.45, 2.75) is 59.4 Å². The van der Waals surface area contributed by atoms with Crippen LogP contribution < -0.4 is 0 Å². The summed E-state index contributed by atoms with van der Waals surface area (Å²) in [7, 11) is 0. The summed E-state index contributed by atoms with van der Waals surface area (Å²) >= 11 is 0. The minimum Gasteiger partial charge on any atom is -0.481 e. The first-order valence-corrected chi connectivity index (χ1v) is 12.1. The second-order valence-corrected chi connectivity index (χ2v) is 10.4. The number of hydrogen-bond donors (Lipinski definition) is 1. The topological polar surface area (TPSA) is 32.7 Å². The molecule has 0 amide bonds. The Balaban J connectivity index is 1.71. The van der Waals surface area contributed by atoms with Gasteiger partial charge in [0, 0.05) is 24.7 Å². The normalized spacial score (nSPS) is 15.9. The second-order valence-electron chi connectivity index (χ2n) is 10.4. The summed E-state index contributed by atoms with van der Waals surface area (Å²) in [5.74, 6) is 0.0294. The van der Waals surface area contributed by atoms with Crippen LogP contribution in [0.4, 0.5) is 0 Å². The molecule has 1 heterocycles. The molecule has 0 bridgehead atoms. The zero-order valence-electron chi connectivity index (χ0n) is 20.7. The lowest BCUT2D eigenvalue weighted by Gasteiger charge is -2.30. The molecule has 34 heavy (non-hydrogen) atoms. The van der Waals surface area contributed by atoms with Crippen molar-refractivity contribution < 1.29 is 9.84 Å². The van der Waals surface area contributed by atoms with Gasteiger partial charge in [0.05, 0.1) is 0 Å². The highest BCUT2D eigenvalue weighted by molar-refractivity contribution is 6.08. The Hall–Kier alpha value is -3.30. The summed E-state index contributed by atoms with van der Waals surface area (Å²) in [6.07, 6.45) is 0. The number of hydrogen-bond acceptors (Lipinski definition) is 3. The van der Waals surface area contributed by atoms with Gasteiger partial charge in [0.2, 0.25) is 0 Å². The van der Waals surface area contributed by atoms with Gasteiger partial charge in [-0.3, -0.25) is 4.90 Å². The van der Waals surface area contributed by atoms with E-state index in [1.807, 2.05) is 27.7 Å². The second kappa shape index (κ2) is 8.48. The molecule has 0 radical (unpaired) electrons. The third-order valence-electron chi connectivity index (χ3n) is 6.94. The van der Waals surface area contributed by atoms with Crippen molar-refractivity contribution in [3.63, 3.8) is 0 Å². The largest absolute Gasteiger partial charge is 0.481 e. The number of rotatable bonds is 3. The van der Waals surface area contributed by atoms with Gasteiger partial charge in [0.1, 0.15) is 5.60 Å². The van der Waals surface area contributed by atoms with Crippen LogP contribution in [0.5, 0.6) is 0 Å². The van der Waals surface area contributed by atoms with Gasteiger partial charge in [0.25, 0.3) is 5.95 Å². The van der Waals surface area contributed by atoms with Crippen molar-refractivity contribution in [2.75, 3.05) is 0 Å². The maximum absolute atomic E-state index is 10.7. The van der Waals surface area contributed by atoms with E-state index < -0.39 is 5.60 Å². The third-order valence-corrected chi connectivity index (χ3v) is 6.94. The van der Waals surface area contributed by atoms with Crippen molar-refractivity contribution in [3.8, 4) is 11.1 Å². The van der Waals surface area contributed by atoms with Gasteiger partial charge in [-0.15, -0.1) is 0 Å². The lowest BCUT2D eigenvalue weighted by atomic mass is 9.88. The van der Waals surface area contributed by atoms with Gasteiger partial charge in [-0.05, 0) is 78.4 Å². The van der Waals surface area contributed by atoms with Crippen LogP contribution in [0.25, 0.3) is 32.7 Å². The van der Waals surface area contributed by atoms with E-state index in [0.717, 1.165) is 18.7 Å². The fourth-order valence-corrected chi connectivity index (χ4v) is 5.08. The summed E-state index contributed by atoms with van der Waals surface area (Å²) < 4.78 is 5.81. The SMILES string of the molecule is C/C(=C(/O)OC(C)(C)C)[C@@H](C)N1Cc2ccc3ccccc3c2-c2c(ccc3ccccc23)C1. The number of aliphatic hydroxyl groups excluding tert-OH is 1. The van der Waals surface area contributed by atoms with E-state index in [1.54, 1.807) is 0 Å². The summed E-state index contributed by atoms with van der Waals surface area (Å²) in [5.41, 5.74) is 5.68. The molecular weight excluding hydrogens is 418 g/mol. The minimum atomic E-state index is -0.444. The van der Waals surface area contributed by atoms with Gasteiger partial charge in [-0.25, -0.2) is 0 Å². The van der Waals surface area contributed by atoms with Gasteiger partial charge in [0.15, 0.2) is 0 Å². The summed E-state index contributed by atoms with van der Waals surface area (Å²) in [5, 5.41) is 15.8. The molecule has 1 aliphatic heterocycles. The van der Waals surface area contributed by atoms with Gasteiger partial charge in [-0.1, -0.05) is 72.8 Å². The van der Waals surface area contributed by atoms with Crippen molar-refractivity contribution in [1.82, 2.24) is 4.90 Å². The van der Waals surface area contributed by atoms with E-state index >= 15 is 0 Å². The minimum absolute atomic E-state index is 0.0130. The molecule has 0 aliphatic carbocycles. The summed E-state index contributed by atoms with van der Waals surface area (Å²) in [6, 6.07) is 26.4. The molecule has 1 aliphatic rings. The Bertz CT molecular complexity index is 1320. The van der Waals surface area contributed by atoms with Gasteiger partial charge < -0.3 is 9.84 Å². The van der Waals surface area contributed by atoms with Crippen molar-refractivity contribution in [2.24, 2.45) is 0 Å². The summed E-state index contributed by atoms with van der Waals surface area (Å²) in [6.45, 7) is 11.6. The smallest absolute Gasteiger partial charge is 0.277 e. The van der Waals surface area contributed by atoms with E-state index in [1.165, 1.54) is 43.8 Å². The maximum Gasteiger partial charge on any atom is 0.277 e. The first-order chi connectivity index (χ1) is 16.2. The maximum atomic E-state index is 10.7. The first-order valence-electron chi connectivity index (χ1n) is 12.1. The highest BCUT2D eigenvalue weighted by atomic mass is 16.6. The molecule has 0 unspecified atom stereocenters. The lowest BCUT2D eigenvalue weighted by molar-refractivity contribution is -0.0200. The quantitative estimate of drug-likeness (QED) is 0.321. The van der Waals surface area contributed by atoms with Crippen molar-refractivity contribution >= 4 is 21.5 Å². The van der Waals surface area contributed by atoms with E-state index in [4.69, 9.17) is 4.74 Å². The van der Waals surface area contributed by atoms with Crippen LogP contribution in [-0.2, 0) is 17.8 Å². The average molecular weight is 452 g/mol. The van der Waals surface area contributed by atoms with E-state index in [2.05, 4.69) is 84.6 Å². The number of fused-ring (bicyclic) bond motifs is 7.